The molecule has 0 bridgehead atoms. The number of rotatable bonds is 6. The molecule has 1 rings (SSSR count). The van der Waals surface area contributed by atoms with Gasteiger partial charge in [0, 0.05) is 19.3 Å². The first-order valence-corrected chi connectivity index (χ1v) is 8.14. The van der Waals surface area contributed by atoms with E-state index >= 15 is 0 Å². The average Bonchev–Trinajstić information content (AvgIpc) is 2.27. The minimum atomic E-state index is -3.12. The van der Waals surface area contributed by atoms with Gasteiger partial charge in [-0.05, 0) is 26.5 Å². The molecule has 0 aliphatic heterocycles. The van der Waals surface area contributed by atoms with Crippen LogP contribution in [0.15, 0.2) is 30.3 Å². The summed E-state index contributed by atoms with van der Waals surface area (Å²) in [5, 5.41) is 10.1. The Morgan fingerprint density at radius 1 is 1.26 bits per heavy atom. The molecule has 108 valence electrons. The summed E-state index contributed by atoms with van der Waals surface area (Å²) in [6.45, 7) is 4.19. The molecular weight excluding hydrogens is 262 g/mol. The number of aliphatic hydroxyl groups excluding tert-OH is 1. The van der Waals surface area contributed by atoms with Gasteiger partial charge in [-0.3, -0.25) is 0 Å². The molecule has 0 spiro atoms. The predicted molar refractivity (Wildman–Crippen MR) is 77.8 cm³/mol. The zero-order chi connectivity index (χ0) is 14.7. The maximum Gasteiger partial charge on any atom is 0.153 e. The van der Waals surface area contributed by atoms with Crippen molar-refractivity contribution in [2.45, 2.75) is 24.7 Å². The summed E-state index contributed by atoms with van der Waals surface area (Å²) in [6, 6.07) is 9.37. The monoisotopic (exact) mass is 285 g/mol. The van der Waals surface area contributed by atoms with Crippen molar-refractivity contribution in [1.29, 1.82) is 0 Å². The average molecular weight is 285 g/mol. The van der Waals surface area contributed by atoms with Crippen molar-refractivity contribution in [1.82, 2.24) is 4.90 Å². The number of sulfone groups is 1. The Kier molecular flexibility index (Phi) is 5.12. The highest BCUT2D eigenvalue weighted by molar-refractivity contribution is 7.92. The van der Waals surface area contributed by atoms with E-state index in [1.165, 1.54) is 6.26 Å². The lowest BCUT2D eigenvalue weighted by atomic mass is 10.1. The van der Waals surface area contributed by atoms with E-state index < -0.39 is 20.7 Å². The first-order chi connectivity index (χ1) is 8.63. The van der Waals surface area contributed by atoms with Crippen molar-refractivity contribution in [3.63, 3.8) is 0 Å². The van der Waals surface area contributed by atoms with Gasteiger partial charge in [0.25, 0.3) is 0 Å². The van der Waals surface area contributed by atoms with Crippen LogP contribution >= 0.6 is 0 Å². The Labute approximate surface area is 116 Å². The molecule has 4 nitrogen and oxygen atoms in total. The van der Waals surface area contributed by atoms with Crippen molar-refractivity contribution in [2.24, 2.45) is 0 Å². The van der Waals surface area contributed by atoms with E-state index in [-0.39, 0.29) is 0 Å². The molecule has 1 aromatic rings. The van der Waals surface area contributed by atoms with Crippen molar-refractivity contribution in [3.05, 3.63) is 35.9 Å². The van der Waals surface area contributed by atoms with Crippen LogP contribution < -0.4 is 0 Å². The molecule has 19 heavy (non-hydrogen) atoms. The summed E-state index contributed by atoms with van der Waals surface area (Å²) >= 11 is 0. The minimum Gasteiger partial charge on any atom is -0.387 e. The quantitative estimate of drug-likeness (QED) is 0.860. The van der Waals surface area contributed by atoms with Crippen LogP contribution in [0.5, 0.6) is 0 Å². The lowest BCUT2D eigenvalue weighted by Gasteiger charge is -2.30. The molecule has 0 heterocycles. The second-order valence-electron chi connectivity index (χ2n) is 5.66. The Bertz CT molecular complexity index is 497. The van der Waals surface area contributed by atoms with Gasteiger partial charge in [0.2, 0.25) is 0 Å². The van der Waals surface area contributed by atoms with Gasteiger partial charge in [-0.15, -0.1) is 0 Å². The van der Waals surface area contributed by atoms with E-state index in [2.05, 4.69) is 0 Å². The zero-order valence-corrected chi connectivity index (χ0v) is 12.8. The fourth-order valence-corrected chi connectivity index (χ4v) is 2.36. The molecule has 1 N–H and O–H groups in total. The van der Waals surface area contributed by atoms with Gasteiger partial charge in [0.15, 0.2) is 9.84 Å². The third-order valence-electron chi connectivity index (χ3n) is 3.32. The van der Waals surface area contributed by atoms with Crippen LogP contribution in [-0.2, 0) is 9.84 Å². The number of likely N-dealkylation sites (N-methyl/N-ethyl adjacent to an activating group) is 1. The Balaban J connectivity index is 2.64. The van der Waals surface area contributed by atoms with Gasteiger partial charge in [-0.25, -0.2) is 8.42 Å². The molecule has 0 saturated heterocycles. The summed E-state index contributed by atoms with van der Waals surface area (Å²) in [5.74, 6) is 0. The fraction of sp³-hybridized carbons (Fsp3) is 0.571. The molecule has 0 aliphatic carbocycles. The normalized spacial score (nSPS) is 14.6. The third-order valence-corrected chi connectivity index (χ3v) is 5.46. The maximum absolute atomic E-state index is 11.7. The van der Waals surface area contributed by atoms with E-state index in [1.807, 2.05) is 42.3 Å². The Morgan fingerprint density at radius 2 is 1.79 bits per heavy atom. The van der Waals surface area contributed by atoms with Crippen molar-refractivity contribution < 1.29 is 13.5 Å². The van der Waals surface area contributed by atoms with Crippen LogP contribution in [0.1, 0.15) is 25.5 Å². The van der Waals surface area contributed by atoms with Crippen molar-refractivity contribution in [3.8, 4) is 0 Å². The summed E-state index contributed by atoms with van der Waals surface area (Å²) in [4.78, 5) is 1.85. The smallest absolute Gasteiger partial charge is 0.153 e. The maximum atomic E-state index is 11.7. The zero-order valence-electron chi connectivity index (χ0n) is 12.0. The lowest BCUT2D eigenvalue weighted by molar-refractivity contribution is 0.123. The van der Waals surface area contributed by atoms with Gasteiger partial charge in [-0.2, -0.15) is 0 Å². The Hall–Kier alpha value is -0.910. The molecule has 1 atom stereocenters. The number of aliphatic hydroxyl groups is 1. The van der Waals surface area contributed by atoms with E-state index in [0.29, 0.717) is 13.1 Å². The molecule has 0 amide bonds. The van der Waals surface area contributed by atoms with Crippen LogP contribution in [0.25, 0.3) is 0 Å². The second-order valence-corrected chi connectivity index (χ2v) is 8.30. The summed E-state index contributed by atoms with van der Waals surface area (Å²) in [6.07, 6.45) is 0.635. The molecule has 5 heteroatoms. The van der Waals surface area contributed by atoms with Gasteiger partial charge >= 0.3 is 0 Å². The minimum absolute atomic E-state index is 0.385. The van der Waals surface area contributed by atoms with Gasteiger partial charge in [0.1, 0.15) is 0 Å². The van der Waals surface area contributed by atoms with E-state index in [0.717, 1.165) is 5.56 Å². The van der Waals surface area contributed by atoms with Crippen molar-refractivity contribution in [2.75, 3.05) is 26.4 Å². The molecule has 0 radical (unpaired) electrons. The second kappa shape index (κ2) is 6.03. The largest absolute Gasteiger partial charge is 0.387 e. The summed E-state index contributed by atoms with van der Waals surface area (Å²) in [7, 11) is -1.30. The number of hydrogen-bond donors (Lipinski definition) is 1. The number of benzene rings is 1. The van der Waals surface area contributed by atoms with E-state index in [4.69, 9.17) is 0 Å². The lowest BCUT2D eigenvalue weighted by Crippen LogP contribution is -2.43. The highest BCUT2D eigenvalue weighted by Gasteiger charge is 2.31. The van der Waals surface area contributed by atoms with Crippen LogP contribution in [-0.4, -0.2) is 49.6 Å². The molecule has 0 aromatic heterocycles. The Morgan fingerprint density at radius 3 is 2.26 bits per heavy atom. The first kappa shape index (κ1) is 16.1. The molecule has 0 saturated carbocycles. The summed E-state index contributed by atoms with van der Waals surface area (Å²) < 4.78 is 22.5. The fourth-order valence-electron chi connectivity index (χ4n) is 1.91. The summed E-state index contributed by atoms with van der Waals surface area (Å²) in [5.41, 5.74) is 0.839. The topological polar surface area (TPSA) is 57.6 Å². The third kappa shape index (κ3) is 4.60. The van der Waals surface area contributed by atoms with Crippen LogP contribution in [0.2, 0.25) is 0 Å². The van der Waals surface area contributed by atoms with Crippen LogP contribution in [0, 0.1) is 0 Å². The molecule has 0 aliphatic rings. The molecule has 0 fully saturated rings. The van der Waals surface area contributed by atoms with E-state index in [9.17, 15) is 13.5 Å². The van der Waals surface area contributed by atoms with Crippen molar-refractivity contribution >= 4 is 9.84 Å². The van der Waals surface area contributed by atoms with E-state index in [1.54, 1.807) is 13.8 Å². The highest BCUT2D eigenvalue weighted by Crippen LogP contribution is 2.19. The first-order valence-electron chi connectivity index (χ1n) is 6.24. The van der Waals surface area contributed by atoms with Gasteiger partial charge < -0.3 is 10.0 Å². The molecular formula is C14H23NO3S. The van der Waals surface area contributed by atoms with Crippen LogP contribution in [0.3, 0.4) is 0 Å². The van der Waals surface area contributed by atoms with Gasteiger partial charge in [-0.1, -0.05) is 30.3 Å². The van der Waals surface area contributed by atoms with Gasteiger partial charge in [0.05, 0.1) is 10.9 Å². The number of nitrogens with zero attached hydrogens (tertiary/aromatic N) is 1. The number of hydrogen-bond acceptors (Lipinski definition) is 4. The standard InChI is InChI=1S/C14H23NO3S/c1-14(2,19(4,17)18)11-15(3)10-13(16)12-8-6-5-7-9-12/h5-9,13,16H,10-11H2,1-4H3. The molecule has 1 aromatic carbocycles. The SMILES string of the molecule is CN(CC(O)c1ccccc1)CC(C)(C)S(C)(=O)=O. The highest BCUT2D eigenvalue weighted by atomic mass is 32.2. The molecule has 1 unspecified atom stereocenters. The predicted octanol–water partition coefficient (Wildman–Crippen LogP) is 1.48. The van der Waals surface area contributed by atoms with Crippen LogP contribution in [0.4, 0.5) is 0 Å².